The van der Waals surface area contributed by atoms with Crippen LogP contribution in [0.15, 0.2) is 29.6 Å². The first-order valence-corrected chi connectivity index (χ1v) is 7.70. The number of rotatable bonds is 3. The van der Waals surface area contributed by atoms with Gasteiger partial charge in [0.15, 0.2) is 5.82 Å². The Kier molecular flexibility index (Phi) is 3.51. The van der Waals surface area contributed by atoms with Crippen LogP contribution in [-0.4, -0.2) is 17.0 Å². The van der Waals surface area contributed by atoms with E-state index >= 15 is 0 Å². The van der Waals surface area contributed by atoms with Gasteiger partial charge in [-0.3, -0.25) is 0 Å². The fraction of sp³-hybridized carbons (Fsp3) is 0.250. The van der Waals surface area contributed by atoms with Crippen LogP contribution in [0, 0.1) is 13.8 Å². The lowest BCUT2D eigenvalue weighted by molar-refractivity contribution is 0.850. The summed E-state index contributed by atoms with van der Waals surface area (Å²) in [6.45, 7) is 4.86. The molecular weight excluding hydrogens is 280 g/mol. The lowest BCUT2D eigenvalue weighted by atomic mass is 10.1. The monoisotopic (exact) mass is 298 g/mol. The third-order valence-corrected chi connectivity index (χ3v) is 4.23. The van der Waals surface area contributed by atoms with E-state index in [2.05, 4.69) is 46.9 Å². The molecule has 0 aliphatic carbocycles. The van der Waals surface area contributed by atoms with E-state index in [1.54, 1.807) is 11.3 Å². The number of nitrogen functional groups attached to an aromatic ring is 1. The van der Waals surface area contributed by atoms with Crippen LogP contribution >= 0.6 is 11.3 Å². The maximum atomic E-state index is 6.00. The second-order valence-corrected chi connectivity index (χ2v) is 6.26. The zero-order valence-electron chi connectivity index (χ0n) is 12.4. The Morgan fingerprint density at radius 2 is 1.86 bits per heavy atom. The van der Waals surface area contributed by atoms with Crippen LogP contribution < -0.4 is 10.6 Å². The maximum Gasteiger partial charge on any atom is 0.151 e. The van der Waals surface area contributed by atoms with E-state index in [0.29, 0.717) is 12.4 Å². The average Bonchev–Trinajstić information content (AvgIpc) is 2.86. The first kappa shape index (κ1) is 13.8. The molecule has 3 aromatic rings. The normalized spacial score (nSPS) is 11.0. The van der Waals surface area contributed by atoms with Gasteiger partial charge >= 0.3 is 0 Å². The summed E-state index contributed by atoms with van der Waals surface area (Å²) in [6.07, 6.45) is 0. The van der Waals surface area contributed by atoms with Gasteiger partial charge in [-0.05, 0) is 48.6 Å². The number of hydrogen-bond donors (Lipinski definition) is 1. The van der Waals surface area contributed by atoms with Gasteiger partial charge in [-0.25, -0.2) is 9.97 Å². The van der Waals surface area contributed by atoms with Crippen molar-refractivity contribution in [2.75, 3.05) is 17.7 Å². The maximum absolute atomic E-state index is 6.00. The summed E-state index contributed by atoms with van der Waals surface area (Å²) < 4.78 is 0. The van der Waals surface area contributed by atoms with E-state index in [-0.39, 0.29) is 0 Å². The molecule has 2 aromatic heterocycles. The molecule has 4 nitrogen and oxygen atoms in total. The van der Waals surface area contributed by atoms with Crippen LogP contribution in [0.2, 0.25) is 0 Å². The summed E-state index contributed by atoms with van der Waals surface area (Å²) in [7, 11) is 2.05. The number of hydrogen-bond acceptors (Lipinski definition) is 5. The summed E-state index contributed by atoms with van der Waals surface area (Å²) in [5.41, 5.74) is 9.68. The molecule has 0 unspecified atom stereocenters. The minimum atomic E-state index is 0.560. The molecule has 5 heteroatoms. The number of anilines is 2. The molecular formula is C16H18N4S. The standard InChI is InChI=1S/C16H18N4S/c1-10-6-11(2)8-12(7-10)20(3)9-14-18-15(17)13-4-5-21-16(13)19-14/h4-8H,9H2,1-3H3,(H2,17,18,19). The van der Waals surface area contributed by atoms with E-state index < -0.39 is 0 Å². The van der Waals surface area contributed by atoms with Crippen molar-refractivity contribution in [3.8, 4) is 0 Å². The van der Waals surface area contributed by atoms with Crippen LogP contribution in [0.5, 0.6) is 0 Å². The highest BCUT2D eigenvalue weighted by atomic mass is 32.1. The zero-order chi connectivity index (χ0) is 15.0. The predicted octanol–water partition coefficient (Wildman–Crippen LogP) is 3.53. The molecule has 0 fully saturated rings. The number of nitrogens with two attached hydrogens (primary N) is 1. The van der Waals surface area contributed by atoms with Crippen LogP contribution in [0.4, 0.5) is 11.5 Å². The molecule has 21 heavy (non-hydrogen) atoms. The molecule has 0 bridgehead atoms. The molecule has 0 aliphatic rings. The van der Waals surface area contributed by atoms with Crippen LogP contribution in [-0.2, 0) is 6.54 Å². The predicted molar refractivity (Wildman–Crippen MR) is 89.9 cm³/mol. The van der Waals surface area contributed by atoms with E-state index in [9.17, 15) is 0 Å². The molecule has 1 aromatic carbocycles. The topological polar surface area (TPSA) is 55.0 Å². The van der Waals surface area contributed by atoms with Crippen molar-refractivity contribution < 1.29 is 0 Å². The fourth-order valence-corrected chi connectivity index (χ4v) is 3.26. The van der Waals surface area contributed by atoms with E-state index in [0.717, 1.165) is 16.0 Å². The fourth-order valence-electron chi connectivity index (χ4n) is 2.47. The van der Waals surface area contributed by atoms with Gasteiger partial charge < -0.3 is 10.6 Å². The van der Waals surface area contributed by atoms with Crippen molar-refractivity contribution in [2.24, 2.45) is 0 Å². The molecule has 0 saturated carbocycles. The number of nitrogens with zero attached hydrogens (tertiary/aromatic N) is 3. The van der Waals surface area contributed by atoms with Crippen molar-refractivity contribution in [2.45, 2.75) is 20.4 Å². The molecule has 0 amide bonds. The summed E-state index contributed by atoms with van der Waals surface area (Å²) in [5, 5.41) is 2.94. The Balaban J connectivity index is 1.90. The van der Waals surface area contributed by atoms with E-state index in [4.69, 9.17) is 5.73 Å². The van der Waals surface area contributed by atoms with E-state index in [1.165, 1.54) is 16.8 Å². The molecule has 0 aliphatic heterocycles. The van der Waals surface area contributed by atoms with Crippen molar-refractivity contribution in [3.63, 3.8) is 0 Å². The Morgan fingerprint density at radius 1 is 1.14 bits per heavy atom. The highest BCUT2D eigenvalue weighted by Gasteiger charge is 2.09. The van der Waals surface area contributed by atoms with Crippen molar-refractivity contribution in [1.82, 2.24) is 9.97 Å². The zero-order valence-corrected chi connectivity index (χ0v) is 13.2. The third kappa shape index (κ3) is 2.83. The summed E-state index contributed by atoms with van der Waals surface area (Å²) in [5.74, 6) is 1.31. The van der Waals surface area contributed by atoms with Gasteiger partial charge in [-0.15, -0.1) is 11.3 Å². The first-order valence-electron chi connectivity index (χ1n) is 6.82. The first-order chi connectivity index (χ1) is 10.0. The van der Waals surface area contributed by atoms with Gasteiger partial charge in [0.2, 0.25) is 0 Å². The molecule has 2 heterocycles. The molecule has 108 valence electrons. The summed E-state index contributed by atoms with van der Waals surface area (Å²) in [4.78, 5) is 12.1. The molecule has 0 atom stereocenters. The summed E-state index contributed by atoms with van der Waals surface area (Å²) >= 11 is 1.59. The average molecular weight is 298 g/mol. The van der Waals surface area contributed by atoms with Gasteiger partial charge in [-0.1, -0.05) is 6.07 Å². The SMILES string of the molecule is Cc1cc(C)cc(N(C)Cc2nc(N)c3ccsc3n2)c1. The molecule has 3 rings (SSSR count). The second kappa shape index (κ2) is 5.33. The van der Waals surface area contributed by atoms with Gasteiger partial charge in [-0.2, -0.15) is 0 Å². The van der Waals surface area contributed by atoms with Gasteiger partial charge in [0.1, 0.15) is 10.6 Å². The molecule has 0 spiro atoms. The van der Waals surface area contributed by atoms with Crippen molar-refractivity contribution in [1.29, 1.82) is 0 Å². The van der Waals surface area contributed by atoms with E-state index in [1.807, 2.05) is 18.5 Å². The summed E-state index contributed by atoms with van der Waals surface area (Å²) in [6, 6.07) is 8.47. The van der Waals surface area contributed by atoms with Crippen LogP contribution in [0.3, 0.4) is 0 Å². The van der Waals surface area contributed by atoms with Crippen molar-refractivity contribution >= 4 is 33.1 Å². The van der Waals surface area contributed by atoms with Gasteiger partial charge in [0.05, 0.1) is 11.9 Å². The number of fused-ring (bicyclic) bond motifs is 1. The largest absolute Gasteiger partial charge is 0.383 e. The molecule has 0 radical (unpaired) electrons. The highest BCUT2D eigenvalue weighted by Crippen LogP contribution is 2.24. The third-order valence-electron chi connectivity index (χ3n) is 3.43. The highest BCUT2D eigenvalue weighted by molar-refractivity contribution is 7.16. The Hall–Kier alpha value is -2.14. The van der Waals surface area contributed by atoms with Crippen molar-refractivity contribution in [3.05, 3.63) is 46.6 Å². The molecule has 0 saturated heterocycles. The lowest BCUT2D eigenvalue weighted by Gasteiger charge is -2.19. The van der Waals surface area contributed by atoms with Crippen LogP contribution in [0.1, 0.15) is 17.0 Å². The smallest absolute Gasteiger partial charge is 0.151 e. The number of aromatic nitrogens is 2. The minimum absolute atomic E-state index is 0.560. The van der Waals surface area contributed by atoms with Gasteiger partial charge in [0.25, 0.3) is 0 Å². The Bertz CT molecular complexity index is 774. The lowest BCUT2D eigenvalue weighted by Crippen LogP contribution is -2.19. The van der Waals surface area contributed by atoms with Gasteiger partial charge in [0, 0.05) is 12.7 Å². The second-order valence-electron chi connectivity index (χ2n) is 5.37. The Morgan fingerprint density at radius 3 is 2.57 bits per heavy atom. The number of thiophene rings is 1. The number of aryl methyl sites for hydroxylation is 2. The molecule has 2 N–H and O–H groups in total. The minimum Gasteiger partial charge on any atom is -0.383 e. The van der Waals surface area contributed by atoms with Crippen LogP contribution in [0.25, 0.3) is 10.2 Å². The number of benzene rings is 1. The Labute approximate surface area is 128 Å². The quantitative estimate of drug-likeness (QED) is 0.803.